The summed E-state index contributed by atoms with van der Waals surface area (Å²) in [6.07, 6.45) is 5.98. The zero-order valence-corrected chi connectivity index (χ0v) is 22.7. The van der Waals surface area contributed by atoms with Gasteiger partial charge in [-0.1, -0.05) is 69.3 Å². The molecule has 0 radical (unpaired) electrons. The van der Waals surface area contributed by atoms with E-state index in [0.29, 0.717) is 25.0 Å². The summed E-state index contributed by atoms with van der Waals surface area (Å²) in [5, 5.41) is 0.196. The average Bonchev–Trinajstić information content (AvgIpc) is 3.02. The fourth-order valence-electron chi connectivity index (χ4n) is 4.63. The standard InChI is InChI=1S/C28H40O3S2/c1-20(2)11-10-14-23(26(31)33-27(3,4)5)24-15-16-25(30)28(24,6)18-17-21(29)19-32-22-12-8-7-9-13-22/h7-9,11-13,23-24H,10,14-19H2,1-6H3/t23-,24-,28-/m1/s1. The molecule has 3 atom stereocenters. The monoisotopic (exact) mass is 488 g/mol. The van der Waals surface area contributed by atoms with Crippen molar-refractivity contribution >= 4 is 40.2 Å². The highest BCUT2D eigenvalue weighted by Gasteiger charge is 2.50. The third-order valence-corrected chi connectivity index (χ3v) is 8.62. The average molecular weight is 489 g/mol. The lowest BCUT2D eigenvalue weighted by Gasteiger charge is -2.36. The van der Waals surface area contributed by atoms with Gasteiger partial charge in [0.15, 0.2) is 5.12 Å². The Labute approximate surface area is 208 Å². The summed E-state index contributed by atoms with van der Waals surface area (Å²) in [7, 11) is 0. The van der Waals surface area contributed by atoms with Gasteiger partial charge in [0.2, 0.25) is 0 Å². The van der Waals surface area contributed by atoms with Crippen LogP contribution in [0.1, 0.15) is 80.1 Å². The smallest absolute Gasteiger partial charge is 0.192 e. The van der Waals surface area contributed by atoms with Crippen LogP contribution in [0.5, 0.6) is 0 Å². The Morgan fingerprint density at radius 3 is 2.45 bits per heavy atom. The van der Waals surface area contributed by atoms with Crippen LogP contribution in [0.25, 0.3) is 0 Å². The first-order valence-electron chi connectivity index (χ1n) is 12.0. The van der Waals surface area contributed by atoms with Crippen molar-refractivity contribution < 1.29 is 14.4 Å². The van der Waals surface area contributed by atoms with E-state index in [1.165, 1.54) is 17.3 Å². The molecule has 1 aromatic carbocycles. The summed E-state index contributed by atoms with van der Waals surface area (Å²) in [5.74, 6) is 0.654. The molecule has 182 valence electrons. The third kappa shape index (κ3) is 8.75. The van der Waals surface area contributed by atoms with Crippen LogP contribution in [-0.2, 0) is 14.4 Å². The highest BCUT2D eigenvalue weighted by atomic mass is 32.2. The maximum absolute atomic E-state index is 13.4. The van der Waals surface area contributed by atoms with Crippen LogP contribution in [0.4, 0.5) is 0 Å². The molecule has 0 heterocycles. The van der Waals surface area contributed by atoms with Crippen LogP contribution in [0.15, 0.2) is 46.9 Å². The number of hydrogen-bond acceptors (Lipinski definition) is 5. The van der Waals surface area contributed by atoms with E-state index in [2.05, 4.69) is 40.7 Å². The number of allylic oxidation sites excluding steroid dienone is 2. The molecule has 5 heteroatoms. The summed E-state index contributed by atoms with van der Waals surface area (Å²) in [4.78, 5) is 40.2. The van der Waals surface area contributed by atoms with Crippen molar-refractivity contribution in [1.29, 1.82) is 0 Å². The van der Waals surface area contributed by atoms with Gasteiger partial charge in [-0.05, 0) is 57.6 Å². The van der Waals surface area contributed by atoms with Crippen molar-refractivity contribution in [2.75, 3.05) is 5.75 Å². The largest absolute Gasteiger partial charge is 0.299 e. The zero-order chi connectivity index (χ0) is 24.6. The number of Topliss-reactive ketones (excluding diaryl/α,β-unsaturated/α-hetero) is 2. The first kappa shape index (κ1) is 27.9. The first-order valence-corrected chi connectivity index (χ1v) is 13.8. The summed E-state index contributed by atoms with van der Waals surface area (Å²) < 4.78 is -0.157. The minimum Gasteiger partial charge on any atom is -0.299 e. The molecule has 0 aliphatic heterocycles. The van der Waals surface area contributed by atoms with E-state index in [-0.39, 0.29) is 33.3 Å². The lowest BCUT2D eigenvalue weighted by Crippen LogP contribution is -2.37. The molecule has 2 rings (SSSR count). The molecule has 0 aromatic heterocycles. The van der Waals surface area contributed by atoms with E-state index < -0.39 is 5.41 Å². The Kier molecular flexibility index (Phi) is 10.5. The van der Waals surface area contributed by atoms with Gasteiger partial charge in [-0.25, -0.2) is 0 Å². The number of benzene rings is 1. The van der Waals surface area contributed by atoms with E-state index in [1.54, 1.807) is 11.8 Å². The Balaban J connectivity index is 2.11. The van der Waals surface area contributed by atoms with Crippen LogP contribution in [0, 0.1) is 17.3 Å². The van der Waals surface area contributed by atoms with Crippen molar-refractivity contribution in [2.45, 2.75) is 89.7 Å². The van der Waals surface area contributed by atoms with Crippen molar-refractivity contribution in [3.63, 3.8) is 0 Å². The van der Waals surface area contributed by atoms with Crippen molar-refractivity contribution in [3.8, 4) is 0 Å². The number of thioether (sulfide) groups is 2. The predicted molar refractivity (Wildman–Crippen MR) is 142 cm³/mol. The van der Waals surface area contributed by atoms with Gasteiger partial charge in [-0.15, -0.1) is 11.8 Å². The highest BCUT2D eigenvalue weighted by molar-refractivity contribution is 8.14. The van der Waals surface area contributed by atoms with Gasteiger partial charge in [-0.3, -0.25) is 14.4 Å². The Bertz CT molecular complexity index is 850. The summed E-state index contributed by atoms with van der Waals surface area (Å²) in [6, 6.07) is 9.91. The first-order chi connectivity index (χ1) is 15.4. The predicted octanol–water partition coefficient (Wildman–Crippen LogP) is 7.53. The molecular weight excluding hydrogens is 448 g/mol. The van der Waals surface area contributed by atoms with Crippen LogP contribution in [0.2, 0.25) is 0 Å². The molecule has 1 saturated carbocycles. The fourth-order valence-corrected chi connectivity index (χ4v) is 6.49. The van der Waals surface area contributed by atoms with E-state index in [0.717, 1.165) is 24.2 Å². The Morgan fingerprint density at radius 2 is 1.85 bits per heavy atom. The minimum absolute atomic E-state index is 0.00693. The van der Waals surface area contributed by atoms with Crippen molar-refractivity contribution in [3.05, 3.63) is 42.0 Å². The van der Waals surface area contributed by atoms with E-state index >= 15 is 0 Å². The van der Waals surface area contributed by atoms with Crippen LogP contribution in [-0.4, -0.2) is 27.2 Å². The topological polar surface area (TPSA) is 51.2 Å². The molecule has 1 aliphatic carbocycles. The number of carbonyl (C=O) groups excluding carboxylic acids is 3. The third-order valence-electron chi connectivity index (χ3n) is 6.43. The second-order valence-electron chi connectivity index (χ2n) is 10.6. The zero-order valence-electron chi connectivity index (χ0n) is 21.1. The SMILES string of the molecule is CC(C)=CCC[C@@H](C(=O)SC(C)(C)C)[C@H]1CCC(=O)[C@]1(C)CCC(=O)CSc1ccccc1. The van der Waals surface area contributed by atoms with E-state index in [4.69, 9.17) is 0 Å². The second kappa shape index (κ2) is 12.4. The van der Waals surface area contributed by atoms with Gasteiger partial charge in [-0.2, -0.15) is 0 Å². The molecule has 3 nitrogen and oxygen atoms in total. The molecule has 0 bridgehead atoms. The molecule has 33 heavy (non-hydrogen) atoms. The lowest BCUT2D eigenvalue weighted by atomic mass is 9.69. The molecule has 0 unspecified atom stereocenters. The molecule has 0 spiro atoms. The number of hydrogen-bond donors (Lipinski definition) is 0. The van der Waals surface area contributed by atoms with Gasteiger partial charge in [0, 0.05) is 33.8 Å². The maximum Gasteiger partial charge on any atom is 0.192 e. The summed E-state index contributed by atoms with van der Waals surface area (Å²) >= 11 is 2.95. The highest BCUT2D eigenvalue weighted by Crippen LogP contribution is 2.50. The Hall–Kier alpha value is -1.33. The quantitative estimate of drug-likeness (QED) is 0.238. The normalized spacial score (nSPS) is 21.6. The molecule has 1 aliphatic rings. The van der Waals surface area contributed by atoms with Crippen molar-refractivity contribution in [1.82, 2.24) is 0 Å². The number of rotatable bonds is 11. The number of carbonyl (C=O) groups is 3. The molecule has 1 fully saturated rings. The van der Waals surface area contributed by atoms with Gasteiger partial charge in [0.1, 0.15) is 11.6 Å². The summed E-state index contributed by atoms with van der Waals surface area (Å²) in [6.45, 7) is 12.3. The van der Waals surface area contributed by atoms with Crippen LogP contribution < -0.4 is 0 Å². The van der Waals surface area contributed by atoms with Gasteiger partial charge in [0.25, 0.3) is 0 Å². The molecule has 1 aromatic rings. The molecule has 0 N–H and O–H groups in total. The van der Waals surface area contributed by atoms with Crippen LogP contribution >= 0.6 is 23.5 Å². The minimum atomic E-state index is -0.600. The molecular formula is C28H40O3S2. The van der Waals surface area contributed by atoms with Crippen LogP contribution in [0.3, 0.4) is 0 Å². The molecule has 0 saturated heterocycles. The van der Waals surface area contributed by atoms with Crippen molar-refractivity contribution in [2.24, 2.45) is 17.3 Å². The lowest BCUT2D eigenvalue weighted by molar-refractivity contribution is -0.129. The second-order valence-corrected chi connectivity index (χ2v) is 13.5. The number of ketones is 2. The van der Waals surface area contributed by atoms with Gasteiger partial charge >= 0.3 is 0 Å². The van der Waals surface area contributed by atoms with E-state index in [9.17, 15) is 14.4 Å². The Morgan fingerprint density at radius 1 is 1.18 bits per heavy atom. The maximum atomic E-state index is 13.4. The summed E-state index contributed by atoms with van der Waals surface area (Å²) in [5.41, 5.74) is 0.646. The van der Waals surface area contributed by atoms with Gasteiger partial charge < -0.3 is 0 Å². The van der Waals surface area contributed by atoms with Gasteiger partial charge in [0.05, 0.1) is 5.75 Å². The van der Waals surface area contributed by atoms with E-state index in [1.807, 2.05) is 37.3 Å². The fraction of sp³-hybridized carbons (Fsp3) is 0.607. The molecule has 0 amide bonds.